The van der Waals surface area contributed by atoms with Gasteiger partial charge in [0.2, 0.25) is 0 Å². The summed E-state index contributed by atoms with van der Waals surface area (Å²) in [6.07, 6.45) is -0.564. The second kappa shape index (κ2) is 8.91. The zero-order valence-electron chi connectivity index (χ0n) is 16.8. The van der Waals surface area contributed by atoms with E-state index in [9.17, 15) is 13.2 Å². The van der Waals surface area contributed by atoms with E-state index in [1.54, 1.807) is 12.1 Å². The summed E-state index contributed by atoms with van der Waals surface area (Å²) < 4.78 is 29.7. The summed E-state index contributed by atoms with van der Waals surface area (Å²) in [6.45, 7) is -0.0888. The van der Waals surface area contributed by atoms with Crippen LogP contribution < -0.4 is 5.32 Å². The first-order chi connectivity index (χ1) is 15.0. The fourth-order valence-electron chi connectivity index (χ4n) is 3.91. The van der Waals surface area contributed by atoms with Crippen molar-refractivity contribution in [1.29, 1.82) is 0 Å². The summed E-state index contributed by atoms with van der Waals surface area (Å²) in [5, 5.41) is 11.6. The van der Waals surface area contributed by atoms with Gasteiger partial charge in [0.25, 0.3) is 0 Å². The summed E-state index contributed by atoms with van der Waals surface area (Å²) in [7, 11) is -3.54. The van der Waals surface area contributed by atoms with Crippen molar-refractivity contribution in [2.75, 3.05) is 19.0 Å². The van der Waals surface area contributed by atoms with Gasteiger partial charge in [-0.2, -0.15) is 0 Å². The number of amides is 1. The van der Waals surface area contributed by atoms with E-state index < -0.39 is 22.5 Å². The number of carbonyl (C=O) groups excluding carboxylic acids is 1. The zero-order chi connectivity index (χ0) is 21.8. The van der Waals surface area contributed by atoms with Crippen molar-refractivity contribution >= 4 is 15.9 Å². The van der Waals surface area contributed by atoms with Gasteiger partial charge in [0.1, 0.15) is 6.61 Å². The molecule has 1 amide bonds. The summed E-state index contributed by atoms with van der Waals surface area (Å²) in [5.41, 5.74) is 5.23. The Hall–Kier alpha value is -3.16. The molecule has 6 nitrogen and oxygen atoms in total. The summed E-state index contributed by atoms with van der Waals surface area (Å²) >= 11 is 0. The maximum Gasteiger partial charge on any atom is 0.407 e. The molecule has 3 aromatic carbocycles. The van der Waals surface area contributed by atoms with E-state index >= 15 is 0 Å². The fraction of sp³-hybridized carbons (Fsp3) is 0.208. The first-order valence-electron chi connectivity index (χ1n) is 10.0. The smallest absolute Gasteiger partial charge is 0.407 e. The number of nitrogens with one attached hydrogen (secondary N) is 1. The van der Waals surface area contributed by atoms with Crippen molar-refractivity contribution in [2.45, 2.75) is 17.4 Å². The molecular formula is C24H23NO5S. The van der Waals surface area contributed by atoms with Gasteiger partial charge in [0.05, 0.1) is 17.3 Å². The number of rotatable bonds is 7. The molecule has 2 N–H and O–H groups in total. The Bertz CT molecular complexity index is 1160. The van der Waals surface area contributed by atoms with Crippen LogP contribution in [0.1, 0.15) is 22.6 Å². The van der Waals surface area contributed by atoms with E-state index in [4.69, 9.17) is 9.84 Å². The average Bonchev–Trinajstić information content (AvgIpc) is 3.10. The number of hydrogen-bond donors (Lipinski definition) is 2. The Morgan fingerprint density at radius 1 is 0.935 bits per heavy atom. The minimum absolute atomic E-state index is 0.0231. The molecule has 31 heavy (non-hydrogen) atoms. The van der Waals surface area contributed by atoms with Crippen LogP contribution in [0.4, 0.5) is 4.79 Å². The molecule has 1 aliphatic carbocycles. The largest absolute Gasteiger partial charge is 0.449 e. The molecule has 0 saturated carbocycles. The maximum absolute atomic E-state index is 12.3. The average molecular weight is 438 g/mol. The molecule has 7 heteroatoms. The molecule has 0 radical (unpaired) electrons. The molecule has 0 bridgehead atoms. The molecule has 160 valence electrons. The van der Waals surface area contributed by atoms with Gasteiger partial charge in [-0.25, -0.2) is 13.2 Å². The van der Waals surface area contributed by atoms with Crippen molar-refractivity contribution in [1.82, 2.24) is 5.32 Å². The third-order valence-electron chi connectivity index (χ3n) is 5.40. The number of fused-ring (bicyclic) bond motifs is 3. The predicted molar refractivity (Wildman–Crippen MR) is 117 cm³/mol. The molecule has 0 atom stereocenters. The number of sulfone groups is 1. The summed E-state index contributed by atoms with van der Waals surface area (Å²) in [4.78, 5) is 12.4. The number of ether oxygens (including phenoxy) is 1. The van der Waals surface area contributed by atoms with Gasteiger partial charge in [-0.15, -0.1) is 0 Å². The van der Waals surface area contributed by atoms with Crippen LogP contribution in [-0.2, 0) is 21.1 Å². The highest BCUT2D eigenvalue weighted by molar-refractivity contribution is 7.91. The number of benzene rings is 3. The first kappa shape index (κ1) is 21.1. The highest BCUT2D eigenvalue weighted by Gasteiger charge is 2.28. The lowest BCUT2D eigenvalue weighted by atomic mass is 9.98. The second-order valence-electron chi connectivity index (χ2n) is 7.37. The maximum atomic E-state index is 12.3. The lowest BCUT2D eigenvalue weighted by Gasteiger charge is -2.14. The van der Waals surface area contributed by atoms with Gasteiger partial charge in [-0.3, -0.25) is 0 Å². The van der Waals surface area contributed by atoms with E-state index in [0.717, 1.165) is 22.3 Å². The first-order valence-corrected chi connectivity index (χ1v) is 11.7. The molecule has 0 aliphatic heterocycles. The van der Waals surface area contributed by atoms with E-state index in [0.29, 0.717) is 5.56 Å². The highest BCUT2D eigenvalue weighted by atomic mass is 32.2. The number of carbonyl (C=O) groups is 1. The number of aliphatic hydroxyl groups is 1. The monoisotopic (exact) mass is 437 g/mol. The molecule has 0 saturated heterocycles. The van der Waals surface area contributed by atoms with Crippen molar-refractivity contribution in [3.8, 4) is 11.1 Å². The lowest BCUT2D eigenvalue weighted by Crippen LogP contribution is -2.25. The van der Waals surface area contributed by atoms with Crippen molar-refractivity contribution in [2.24, 2.45) is 0 Å². The SMILES string of the molecule is O=C(NCc1cccc(S(=O)(=O)CCO)c1)OCC1c2ccccc2-c2ccccc21. The van der Waals surface area contributed by atoms with Crippen LogP contribution in [-0.4, -0.2) is 38.6 Å². The van der Waals surface area contributed by atoms with Crippen molar-refractivity contribution < 1.29 is 23.1 Å². The Balaban J connectivity index is 1.39. The van der Waals surface area contributed by atoms with Gasteiger partial charge in [0, 0.05) is 12.5 Å². The van der Waals surface area contributed by atoms with E-state index in [1.165, 1.54) is 12.1 Å². The van der Waals surface area contributed by atoms with E-state index in [2.05, 4.69) is 29.6 Å². The normalized spacial score (nSPS) is 12.8. The molecule has 0 spiro atoms. The quantitative estimate of drug-likeness (QED) is 0.590. The van der Waals surface area contributed by atoms with Crippen LogP contribution in [0.5, 0.6) is 0 Å². The number of hydrogen-bond acceptors (Lipinski definition) is 5. The molecule has 4 rings (SSSR count). The van der Waals surface area contributed by atoms with Crippen LogP contribution in [0.3, 0.4) is 0 Å². The minimum atomic E-state index is -3.54. The minimum Gasteiger partial charge on any atom is -0.449 e. The molecule has 0 unspecified atom stereocenters. The van der Waals surface area contributed by atoms with Gasteiger partial charge < -0.3 is 15.2 Å². The van der Waals surface area contributed by atoms with Crippen molar-refractivity contribution in [3.05, 3.63) is 89.5 Å². The highest BCUT2D eigenvalue weighted by Crippen LogP contribution is 2.44. The van der Waals surface area contributed by atoms with Crippen LogP contribution in [0, 0.1) is 0 Å². The molecule has 1 aliphatic rings. The standard InChI is InChI=1S/C24H23NO5S/c26-12-13-31(28,29)18-7-5-6-17(14-18)15-25-24(27)30-16-23-21-10-3-1-8-19(21)20-9-2-4-11-22(20)23/h1-11,14,23,26H,12-13,15-16H2,(H,25,27). The van der Waals surface area contributed by atoms with E-state index in [-0.39, 0.29) is 29.7 Å². The third kappa shape index (κ3) is 4.47. The summed E-state index contributed by atoms with van der Waals surface area (Å²) in [6, 6.07) is 22.5. The van der Waals surface area contributed by atoms with Crippen LogP contribution in [0.15, 0.2) is 77.7 Å². The molecule has 0 fully saturated rings. The topological polar surface area (TPSA) is 92.7 Å². The number of alkyl carbamates (subject to hydrolysis) is 1. The van der Waals surface area contributed by atoms with Crippen LogP contribution >= 0.6 is 0 Å². The third-order valence-corrected chi connectivity index (χ3v) is 7.09. The van der Waals surface area contributed by atoms with Crippen LogP contribution in [0.25, 0.3) is 11.1 Å². The van der Waals surface area contributed by atoms with E-state index in [1.807, 2.05) is 24.3 Å². The van der Waals surface area contributed by atoms with Gasteiger partial charge in [-0.05, 0) is 39.9 Å². The fourth-order valence-corrected chi connectivity index (χ4v) is 5.00. The van der Waals surface area contributed by atoms with Gasteiger partial charge >= 0.3 is 6.09 Å². The summed E-state index contributed by atoms with van der Waals surface area (Å²) in [5.74, 6) is -0.360. The lowest BCUT2D eigenvalue weighted by molar-refractivity contribution is 0.142. The zero-order valence-corrected chi connectivity index (χ0v) is 17.6. The second-order valence-corrected chi connectivity index (χ2v) is 9.48. The van der Waals surface area contributed by atoms with Crippen LogP contribution in [0.2, 0.25) is 0 Å². The Morgan fingerprint density at radius 2 is 1.58 bits per heavy atom. The van der Waals surface area contributed by atoms with Gasteiger partial charge in [-0.1, -0.05) is 60.7 Å². The Labute approximate surface area is 181 Å². The van der Waals surface area contributed by atoms with Crippen molar-refractivity contribution in [3.63, 3.8) is 0 Å². The molecule has 0 aromatic heterocycles. The van der Waals surface area contributed by atoms with Gasteiger partial charge in [0.15, 0.2) is 9.84 Å². The number of aliphatic hydroxyl groups excluding tert-OH is 1. The molecule has 0 heterocycles. The molecule has 3 aromatic rings. The predicted octanol–water partition coefficient (Wildman–Crippen LogP) is 3.49. The molecular weight excluding hydrogens is 414 g/mol. The Morgan fingerprint density at radius 3 is 2.23 bits per heavy atom. The Kier molecular flexibility index (Phi) is 6.06.